The zero-order chi connectivity index (χ0) is 14.7. The van der Waals surface area contributed by atoms with Crippen molar-refractivity contribution < 1.29 is 4.39 Å². The van der Waals surface area contributed by atoms with Gasteiger partial charge in [-0.25, -0.2) is 4.39 Å². The maximum absolute atomic E-state index is 13.2. The summed E-state index contributed by atoms with van der Waals surface area (Å²) in [6.07, 6.45) is 1.19. The van der Waals surface area contributed by atoms with Crippen molar-refractivity contribution in [2.45, 2.75) is 45.8 Å². The first-order valence-electron chi connectivity index (χ1n) is 7.42. The molecule has 0 amide bonds. The molecule has 0 aromatic heterocycles. The third kappa shape index (κ3) is 3.80. The zero-order valence-electron chi connectivity index (χ0n) is 12.5. The number of halogens is 2. The van der Waals surface area contributed by atoms with E-state index in [0.29, 0.717) is 18.0 Å². The van der Waals surface area contributed by atoms with Crippen molar-refractivity contribution in [3.8, 4) is 0 Å². The third-order valence-electron chi connectivity index (χ3n) is 4.45. The maximum Gasteiger partial charge on any atom is 0.124 e. The molecule has 3 unspecified atom stereocenters. The van der Waals surface area contributed by atoms with Crippen LogP contribution in [0.15, 0.2) is 22.7 Å². The number of nitrogens with one attached hydrogen (secondary N) is 1. The topological polar surface area (TPSA) is 15.3 Å². The second-order valence-electron chi connectivity index (χ2n) is 5.91. The van der Waals surface area contributed by atoms with Gasteiger partial charge in [0.05, 0.1) is 0 Å². The van der Waals surface area contributed by atoms with Crippen LogP contribution in [0.4, 0.5) is 4.39 Å². The summed E-state index contributed by atoms with van der Waals surface area (Å²) in [6, 6.07) is 6.03. The molecule has 1 aromatic carbocycles. The Hall–Kier alpha value is -0.450. The molecule has 2 rings (SSSR count). The Morgan fingerprint density at radius 2 is 2.25 bits per heavy atom. The summed E-state index contributed by atoms with van der Waals surface area (Å²) in [5.74, 6) is 0.494. The zero-order valence-corrected chi connectivity index (χ0v) is 14.1. The van der Waals surface area contributed by atoms with E-state index in [-0.39, 0.29) is 5.82 Å². The standard InChI is InChI=1S/C16H24BrFN2/c1-4-11(2)16-10-20(12(3)8-19-16)9-13-5-6-14(18)7-15(13)17/h5-7,11-12,16,19H,4,8-10H2,1-3H3. The smallest absolute Gasteiger partial charge is 0.124 e. The number of hydrogen-bond acceptors (Lipinski definition) is 2. The maximum atomic E-state index is 13.2. The van der Waals surface area contributed by atoms with Crippen LogP contribution >= 0.6 is 15.9 Å². The van der Waals surface area contributed by atoms with Crippen LogP contribution in [0.2, 0.25) is 0 Å². The lowest BCUT2D eigenvalue weighted by Crippen LogP contribution is -2.56. The van der Waals surface area contributed by atoms with Crippen molar-refractivity contribution in [1.82, 2.24) is 10.2 Å². The van der Waals surface area contributed by atoms with Gasteiger partial charge in [-0.3, -0.25) is 4.90 Å². The lowest BCUT2D eigenvalue weighted by Gasteiger charge is -2.41. The number of rotatable bonds is 4. The molecule has 112 valence electrons. The van der Waals surface area contributed by atoms with Gasteiger partial charge in [-0.2, -0.15) is 0 Å². The van der Waals surface area contributed by atoms with E-state index in [1.165, 1.54) is 6.42 Å². The predicted molar refractivity (Wildman–Crippen MR) is 85.2 cm³/mol. The minimum atomic E-state index is -0.188. The first-order chi connectivity index (χ1) is 9.51. The Labute approximate surface area is 129 Å². The average Bonchev–Trinajstić information content (AvgIpc) is 2.43. The molecule has 1 fully saturated rings. The van der Waals surface area contributed by atoms with Gasteiger partial charge in [0, 0.05) is 36.2 Å². The van der Waals surface area contributed by atoms with Gasteiger partial charge >= 0.3 is 0 Å². The lowest BCUT2D eigenvalue weighted by molar-refractivity contribution is 0.111. The SMILES string of the molecule is CCC(C)C1CN(Cc2ccc(F)cc2Br)C(C)CN1. The predicted octanol–water partition coefficient (Wildman–Crippen LogP) is 3.80. The van der Waals surface area contributed by atoms with Crippen LogP contribution in [0, 0.1) is 11.7 Å². The van der Waals surface area contributed by atoms with Gasteiger partial charge in [0.15, 0.2) is 0 Å². The monoisotopic (exact) mass is 342 g/mol. The van der Waals surface area contributed by atoms with E-state index in [4.69, 9.17) is 0 Å². The molecule has 1 aliphatic heterocycles. The summed E-state index contributed by atoms with van der Waals surface area (Å²) in [6.45, 7) is 9.74. The first-order valence-corrected chi connectivity index (χ1v) is 8.22. The summed E-state index contributed by atoms with van der Waals surface area (Å²) in [4.78, 5) is 2.49. The molecule has 0 radical (unpaired) electrons. The fourth-order valence-electron chi connectivity index (χ4n) is 2.70. The number of benzene rings is 1. The van der Waals surface area contributed by atoms with E-state index < -0.39 is 0 Å². The molecule has 20 heavy (non-hydrogen) atoms. The minimum absolute atomic E-state index is 0.188. The van der Waals surface area contributed by atoms with Crippen molar-refractivity contribution >= 4 is 15.9 Å². The molecular formula is C16H24BrFN2. The van der Waals surface area contributed by atoms with Crippen LogP contribution in [-0.2, 0) is 6.54 Å². The van der Waals surface area contributed by atoms with Gasteiger partial charge in [0.1, 0.15) is 5.82 Å². The quantitative estimate of drug-likeness (QED) is 0.895. The van der Waals surface area contributed by atoms with Crippen molar-refractivity contribution in [2.24, 2.45) is 5.92 Å². The molecule has 1 N–H and O–H groups in total. The van der Waals surface area contributed by atoms with E-state index in [1.54, 1.807) is 12.1 Å². The Kier molecular flexibility index (Phi) is 5.58. The van der Waals surface area contributed by atoms with Gasteiger partial charge in [-0.1, -0.05) is 42.3 Å². The van der Waals surface area contributed by atoms with Crippen LogP contribution in [-0.4, -0.2) is 30.1 Å². The molecule has 1 heterocycles. The van der Waals surface area contributed by atoms with Gasteiger partial charge in [-0.15, -0.1) is 0 Å². The minimum Gasteiger partial charge on any atom is -0.311 e. The summed E-state index contributed by atoms with van der Waals surface area (Å²) in [7, 11) is 0. The largest absolute Gasteiger partial charge is 0.311 e. The van der Waals surface area contributed by atoms with Crippen LogP contribution in [0.3, 0.4) is 0 Å². The number of piperazine rings is 1. The normalized spacial score (nSPS) is 25.6. The summed E-state index contributed by atoms with van der Waals surface area (Å²) in [5, 5.41) is 3.65. The second kappa shape index (κ2) is 7.01. The summed E-state index contributed by atoms with van der Waals surface area (Å²) >= 11 is 3.47. The lowest BCUT2D eigenvalue weighted by atomic mass is 9.95. The van der Waals surface area contributed by atoms with Gasteiger partial charge < -0.3 is 5.32 Å². The van der Waals surface area contributed by atoms with E-state index >= 15 is 0 Å². The van der Waals surface area contributed by atoms with E-state index in [1.807, 2.05) is 6.07 Å². The molecule has 3 atom stereocenters. The molecule has 0 saturated carbocycles. The Morgan fingerprint density at radius 3 is 2.90 bits per heavy atom. The first kappa shape index (κ1) is 15.9. The Morgan fingerprint density at radius 1 is 1.50 bits per heavy atom. The van der Waals surface area contributed by atoms with Crippen LogP contribution in [0.25, 0.3) is 0 Å². The third-order valence-corrected chi connectivity index (χ3v) is 5.19. The summed E-state index contributed by atoms with van der Waals surface area (Å²) < 4.78 is 14.0. The molecule has 1 aromatic rings. The van der Waals surface area contributed by atoms with E-state index in [0.717, 1.165) is 29.7 Å². The van der Waals surface area contributed by atoms with Crippen LogP contribution in [0.1, 0.15) is 32.8 Å². The molecule has 1 aliphatic rings. The molecule has 4 heteroatoms. The molecule has 2 nitrogen and oxygen atoms in total. The van der Waals surface area contributed by atoms with Gasteiger partial charge in [0.2, 0.25) is 0 Å². The highest BCUT2D eigenvalue weighted by atomic mass is 79.9. The van der Waals surface area contributed by atoms with Gasteiger partial charge in [0.25, 0.3) is 0 Å². The van der Waals surface area contributed by atoms with Gasteiger partial charge in [-0.05, 0) is 30.5 Å². The highest BCUT2D eigenvalue weighted by Crippen LogP contribution is 2.23. The second-order valence-corrected chi connectivity index (χ2v) is 6.77. The van der Waals surface area contributed by atoms with Crippen molar-refractivity contribution in [3.63, 3.8) is 0 Å². The van der Waals surface area contributed by atoms with E-state index in [2.05, 4.69) is 46.9 Å². The number of nitrogens with zero attached hydrogens (tertiary/aromatic N) is 1. The number of hydrogen-bond donors (Lipinski definition) is 1. The highest BCUT2D eigenvalue weighted by Gasteiger charge is 2.27. The molecule has 0 aliphatic carbocycles. The fraction of sp³-hybridized carbons (Fsp3) is 0.625. The van der Waals surface area contributed by atoms with Crippen LogP contribution < -0.4 is 5.32 Å². The van der Waals surface area contributed by atoms with Crippen molar-refractivity contribution in [1.29, 1.82) is 0 Å². The highest BCUT2D eigenvalue weighted by molar-refractivity contribution is 9.10. The van der Waals surface area contributed by atoms with Crippen molar-refractivity contribution in [2.75, 3.05) is 13.1 Å². The fourth-order valence-corrected chi connectivity index (χ4v) is 3.18. The molecule has 1 saturated heterocycles. The Balaban J connectivity index is 2.06. The molecule has 0 spiro atoms. The summed E-state index contributed by atoms with van der Waals surface area (Å²) in [5.41, 5.74) is 1.16. The van der Waals surface area contributed by atoms with Crippen LogP contribution in [0.5, 0.6) is 0 Å². The molecular weight excluding hydrogens is 319 g/mol. The average molecular weight is 343 g/mol. The molecule has 0 bridgehead atoms. The van der Waals surface area contributed by atoms with Crippen molar-refractivity contribution in [3.05, 3.63) is 34.1 Å². The van der Waals surface area contributed by atoms with E-state index in [9.17, 15) is 4.39 Å². The Bertz CT molecular complexity index is 452.